The van der Waals surface area contributed by atoms with Crippen LogP contribution >= 0.6 is 0 Å². The summed E-state index contributed by atoms with van der Waals surface area (Å²) in [6.07, 6.45) is 12.8. The number of benzene rings is 1. The van der Waals surface area contributed by atoms with Gasteiger partial charge in [-0.2, -0.15) is 13.2 Å². The third-order valence-electron chi connectivity index (χ3n) is 12.9. The van der Waals surface area contributed by atoms with Crippen LogP contribution in [0.5, 0.6) is 0 Å². The first-order valence-electron chi connectivity index (χ1n) is 28.7. The maximum absolute atomic E-state index is 12.1. The molecule has 0 saturated carbocycles. The number of halogens is 3. The van der Waals surface area contributed by atoms with Gasteiger partial charge in [-0.1, -0.05) is 133 Å². The molecule has 20 heteroatoms. The van der Waals surface area contributed by atoms with Crippen molar-refractivity contribution in [3.05, 3.63) is 52.8 Å². The van der Waals surface area contributed by atoms with Gasteiger partial charge in [0.15, 0.2) is 26.7 Å². The largest absolute Gasteiger partial charge is 1.00 e. The normalized spacial score (nSPS) is 13.1. The molecule has 0 aliphatic heterocycles. The maximum atomic E-state index is 12.1. The van der Waals surface area contributed by atoms with E-state index in [1.165, 1.54) is 31.0 Å². The van der Waals surface area contributed by atoms with E-state index in [-0.39, 0.29) is 97.5 Å². The second-order valence-electron chi connectivity index (χ2n) is 22.6. The number of rotatable bonds is 33. The van der Waals surface area contributed by atoms with E-state index < -0.39 is 38.1 Å². The molecule has 13 nitrogen and oxygen atoms in total. The zero-order valence-electron chi connectivity index (χ0n) is 53.4. The molecule has 1 amide bonds. The van der Waals surface area contributed by atoms with E-state index in [0.717, 1.165) is 69.4 Å². The molecule has 0 fully saturated rings. The van der Waals surface area contributed by atoms with Gasteiger partial charge < -0.3 is 37.3 Å². The van der Waals surface area contributed by atoms with Crippen LogP contribution in [-0.2, 0) is 52.2 Å². The summed E-state index contributed by atoms with van der Waals surface area (Å²) >= 11 is 0. The van der Waals surface area contributed by atoms with Crippen molar-refractivity contribution in [2.24, 2.45) is 28.6 Å². The van der Waals surface area contributed by atoms with Crippen molar-refractivity contribution in [3.8, 4) is 0 Å². The summed E-state index contributed by atoms with van der Waals surface area (Å²) in [5.74, 6) is -0.122. The number of amides is 1. The summed E-state index contributed by atoms with van der Waals surface area (Å²) in [5.41, 5.74) is -5.50. The Kier molecular flexibility index (Phi) is 51.2. The molecule has 0 N–H and O–H groups in total. The molecule has 0 radical (unpaired) electrons. The molecule has 3 unspecified atom stereocenters. The van der Waals surface area contributed by atoms with Crippen LogP contribution in [-0.4, -0.2) is 101 Å². The number of hydrogen-bond acceptors (Lipinski definition) is 12. The van der Waals surface area contributed by atoms with Crippen molar-refractivity contribution in [3.63, 3.8) is 0 Å². The Morgan fingerprint density at radius 2 is 1.16 bits per heavy atom. The molecule has 0 aliphatic rings. The number of hydrogen-bond donors (Lipinski definition) is 0. The fraction of sp³-hybridized carbons (Fsp3) is 0.797. The number of unbranched alkanes of at least 4 members (excludes halogenated alkanes) is 1. The van der Waals surface area contributed by atoms with Crippen LogP contribution < -0.4 is 51.4 Å². The van der Waals surface area contributed by atoms with Crippen molar-refractivity contribution in [2.45, 2.75) is 231 Å². The van der Waals surface area contributed by atoms with Gasteiger partial charge in [-0.15, -0.1) is 6.58 Å². The van der Waals surface area contributed by atoms with Gasteiger partial charge >= 0.3 is 74.8 Å². The Labute approximate surface area is 524 Å². The van der Waals surface area contributed by atoms with Crippen molar-refractivity contribution in [1.82, 2.24) is 0 Å². The number of sulfonamides is 1. The molecular weight excluding hydrogens is 1100 g/mol. The van der Waals surface area contributed by atoms with E-state index in [1.807, 2.05) is 68.4 Å². The van der Waals surface area contributed by atoms with Crippen molar-refractivity contribution >= 4 is 50.5 Å². The SMILES string of the molecule is C=CC(C)C.CCC(C)c1ccc(C(=O)[N-]S(=O)(=O)C(F)(F)F)cc1.CCCC(C)(CC)C(=O)OCCCC(C)C.CCCC[Si](C)(C)O[Si](C)(C)CCCOC(=O)C(C)(C)CC.CCOCCOCCOC(=O)C(C)CC.[K+]. The standard InChI is InChI=1S/C17H38O3Si2.C14H28O2.C12H14F3NO3S.C11H22O4.C5H10.K/c1-9-11-14-21(5,6)20-22(7,8)15-12-13-19-16(18)17(3,4)10-2;1-6-10-14(5,7-2)13(15)16-11-8-9-12(3)4;1-3-8(2)9-4-6-10(7-5-9)11(17)16-20(18,19)12(13,14)15;1-4-10(3)11(12)15-9-8-14-7-6-13-5-2;1-4-5(2)3;/h9-15H2,1-8H3;12H,6-11H2,1-5H3;4-8H,3H2,1-2H3,(H,16,17);10H,4-9H2,1-3H3;4-5H,1H2,2-3H3;/q;;;;;+1/p-1. The average molecular weight is 1210 g/mol. The van der Waals surface area contributed by atoms with Gasteiger partial charge in [0.25, 0.3) is 0 Å². The second kappa shape index (κ2) is 46.9. The molecule has 0 aliphatic carbocycles. The Balaban J connectivity index is -0.000000301. The van der Waals surface area contributed by atoms with Crippen LogP contribution in [0.15, 0.2) is 36.9 Å². The van der Waals surface area contributed by atoms with Crippen LogP contribution in [0.1, 0.15) is 203 Å². The predicted octanol–water partition coefficient (Wildman–Crippen LogP) is 13.8. The molecule has 0 saturated heterocycles. The molecule has 0 heterocycles. The van der Waals surface area contributed by atoms with Crippen LogP contribution in [0.4, 0.5) is 13.2 Å². The Bertz CT molecular complexity index is 1870. The molecule has 0 aromatic heterocycles. The minimum Gasteiger partial charge on any atom is -0.534 e. The van der Waals surface area contributed by atoms with Crippen molar-refractivity contribution < 1.29 is 120 Å². The molecule has 1 aromatic carbocycles. The average Bonchev–Trinajstić information content (AvgIpc) is 3.37. The summed E-state index contributed by atoms with van der Waals surface area (Å²) < 4.78 is 92.6. The molecule has 0 spiro atoms. The second-order valence-corrected chi connectivity index (χ2v) is 33.0. The number of nitrogens with zero attached hydrogens (tertiary/aromatic N) is 1. The first-order valence-corrected chi connectivity index (χ1v) is 36.3. The van der Waals surface area contributed by atoms with E-state index >= 15 is 0 Å². The molecule has 1 rings (SSSR count). The van der Waals surface area contributed by atoms with Crippen molar-refractivity contribution in [2.75, 3.05) is 46.2 Å². The van der Waals surface area contributed by atoms with Gasteiger partial charge in [0.2, 0.25) is 0 Å². The third kappa shape index (κ3) is 44.7. The van der Waals surface area contributed by atoms with Crippen molar-refractivity contribution in [1.29, 1.82) is 0 Å². The first kappa shape index (κ1) is 86.3. The fourth-order valence-corrected chi connectivity index (χ4v) is 16.0. The van der Waals surface area contributed by atoms with Crippen LogP contribution in [0.2, 0.25) is 38.3 Å². The molecule has 3 atom stereocenters. The minimum absolute atomic E-state index is 0. The van der Waals surface area contributed by atoms with E-state index in [2.05, 4.69) is 86.0 Å². The third-order valence-corrected chi connectivity index (χ3v) is 21.4. The van der Waals surface area contributed by atoms with Gasteiger partial charge in [0, 0.05) is 6.61 Å². The topological polar surface area (TPSA) is 172 Å². The van der Waals surface area contributed by atoms with E-state index in [9.17, 15) is 40.8 Å². The van der Waals surface area contributed by atoms with Gasteiger partial charge in [0.1, 0.15) is 6.61 Å². The fourth-order valence-electron chi connectivity index (χ4n) is 6.54. The van der Waals surface area contributed by atoms with Crippen LogP contribution in [0, 0.1) is 28.6 Å². The number of allylic oxidation sites excluding steroid dienone is 1. The van der Waals surface area contributed by atoms with E-state index in [4.69, 9.17) is 27.8 Å². The quantitative estimate of drug-likeness (QED) is 0.0215. The summed E-state index contributed by atoms with van der Waals surface area (Å²) in [4.78, 5) is 46.5. The zero-order valence-corrected chi connectivity index (χ0v) is 59.4. The molecule has 1 aromatic rings. The van der Waals surface area contributed by atoms with Gasteiger partial charge in [-0.3, -0.25) is 14.4 Å². The number of ether oxygens (including phenoxy) is 5. The molecule has 460 valence electrons. The van der Waals surface area contributed by atoms with Gasteiger partial charge in [0.05, 0.1) is 55.7 Å². The number of esters is 3. The van der Waals surface area contributed by atoms with Gasteiger partial charge in [-0.05, 0) is 146 Å². The summed E-state index contributed by atoms with van der Waals surface area (Å²) in [6, 6.07) is 7.97. The summed E-state index contributed by atoms with van der Waals surface area (Å²) in [5, 5.41) is 0. The number of alkyl halides is 3. The van der Waals surface area contributed by atoms with Crippen LogP contribution in [0.3, 0.4) is 0 Å². The monoisotopic (exact) mass is 1210 g/mol. The molecule has 0 bridgehead atoms. The number of carbonyl (C=O) groups is 4. The predicted molar refractivity (Wildman–Crippen MR) is 319 cm³/mol. The van der Waals surface area contributed by atoms with Crippen LogP contribution in [0.25, 0.3) is 4.72 Å². The maximum Gasteiger partial charge on any atom is 1.00 e. The number of carbonyl (C=O) groups excluding carboxylic acids is 4. The van der Waals surface area contributed by atoms with E-state index in [0.29, 0.717) is 58.1 Å². The van der Waals surface area contributed by atoms with Gasteiger partial charge in [-0.25, -0.2) is 8.42 Å². The zero-order chi connectivity index (χ0) is 61.4. The smallest absolute Gasteiger partial charge is 0.534 e. The first-order chi connectivity index (χ1) is 36.0. The molecular formula is C59H111F3KNO12SSi2. The Morgan fingerprint density at radius 3 is 1.59 bits per heavy atom. The minimum atomic E-state index is -5.80. The molecule has 79 heavy (non-hydrogen) atoms. The summed E-state index contributed by atoms with van der Waals surface area (Å²) in [6.45, 7) is 49.1. The summed E-state index contributed by atoms with van der Waals surface area (Å²) in [7, 11) is -8.97. The Morgan fingerprint density at radius 1 is 0.671 bits per heavy atom. The van der Waals surface area contributed by atoms with E-state index in [1.54, 1.807) is 12.1 Å². The Hall–Kier alpha value is -1.47.